The molecule has 0 aliphatic heterocycles. The topological polar surface area (TPSA) is 37.3 Å². The monoisotopic (exact) mass is 1630 g/mol. The Balaban J connectivity index is -0.0000000977. The van der Waals surface area contributed by atoms with Crippen LogP contribution in [0.3, 0.4) is 0 Å². The van der Waals surface area contributed by atoms with Gasteiger partial charge in [-0.3, -0.25) is 4.79 Å². The second kappa shape index (κ2) is 94.2. The van der Waals surface area contributed by atoms with Crippen LogP contribution in [0.25, 0.3) is 0 Å². The zero-order chi connectivity index (χ0) is 46.9. The molecule has 2 nitrogen and oxygen atoms in total. The molecule has 12 heteroatoms. The van der Waals surface area contributed by atoms with Gasteiger partial charge in [0.2, 0.25) is 0 Å². The number of rotatable bonds is 40. The van der Waals surface area contributed by atoms with E-state index in [0.717, 1.165) is 37.2 Å². The first-order valence-corrected chi connectivity index (χ1v) is 45.3. The Morgan fingerprint density at radius 3 is 1.00 bits per heavy atom. The normalized spacial score (nSPS) is 10.8. The van der Waals surface area contributed by atoms with Crippen LogP contribution in [0.4, 0.5) is 0 Å². The zero-order valence-electron chi connectivity index (χ0n) is 42.9. The molecular formula is C53H103AlI6LiO2S2-. The number of halogens is 6. The Morgan fingerprint density at radius 1 is 0.492 bits per heavy atom. The third-order valence-corrected chi connectivity index (χ3v) is 10.8. The fourth-order valence-corrected chi connectivity index (χ4v) is 6.84. The maximum atomic E-state index is 10.7. The van der Waals surface area contributed by atoms with Gasteiger partial charge in [-0.15, -0.1) is 24.0 Å². The summed E-state index contributed by atoms with van der Waals surface area (Å²) >= 11 is 15.2. The van der Waals surface area contributed by atoms with Crippen molar-refractivity contribution in [2.24, 2.45) is 0 Å². The van der Waals surface area contributed by atoms with E-state index in [9.17, 15) is 4.79 Å². The summed E-state index contributed by atoms with van der Waals surface area (Å²) in [6.45, 7) is 8.75. The van der Waals surface area contributed by atoms with Gasteiger partial charge in [-0.25, -0.2) is 0 Å². The van der Waals surface area contributed by atoms with E-state index in [4.69, 9.17) is 5.11 Å². The van der Waals surface area contributed by atoms with Crippen molar-refractivity contribution >= 4 is 145 Å². The van der Waals surface area contributed by atoms with Crippen molar-refractivity contribution in [1.82, 2.24) is 0 Å². The van der Waals surface area contributed by atoms with E-state index in [1.807, 2.05) is 0 Å². The molecule has 0 aromatic heterocycles. The molecule has 386 valence electrons. The van der Waals surface area contributed by atoms with Gasteiger partial charge in [0.25, 0.3) is 0 Å². The van der Waals surface area contributed by atoms with Gasteiger partial charge in [-0.2, -0.15) is 12.6 Å². The molecule has 0 aromatic rings. The number of carbonyl (C=O) groups excluding carboxylic acids is 1. The van der Waals surface area contributed by atoms with Gasteiger partial charge in [0.1, 0.15) is 0 Å². The van der Waals surface area contributed by atoms with Crippen LogP contribution in [-0.2, 0) is 4.79 Å². The maximum Gasteiger partial charge on any atom is 1.00 e. The second-order valence-corrected chi connectivity index (χ2v) is 33.5. The molecule has 0 spiro atoms. The summed E-state index contributed by atoms with van der Waals surface area (Å²) < 4.78 is 0. The van der Waals surface area contributed by atoms with Crippen LogP contribution in [0.15, 0.2) is 72.9 Å². The molecule has 0 aliphatic rings. The minimum Gasteiger partial charge on any atom is -1.00 e. The first-order valence-electron chi connectivity index (χ1n) is 24.8. The van der Waals surface area contributed by atoms with E-state index in [-0.39, 0.29) is 66.7 Å². The molecule has 0 saturated heterocycles. The zero-order valence-corrected chi connectivity index (χ0v) is 56.7. The molecule has 0 bridgehead atoms. The van der Waals surface area contributed by atoms with E-state index in [2.05, 4.69) is 181 Å². The summed E-state index contributed by atoms with van der Waals surface area (Å²) in [6, 6.07) is 0. The fraction of sp³-hybridized carbons (Fsp3) is 0.755. The van der Waals surface area contributed by atoms with Crippen molar-refractivity contribution in [1.29, 1.82) is 0 Å². The van der Waals surface area contributed by atoms with E-state index >= 15 is 0 Å². The van der Waals surface area contributed by atoms with Crippen LogP contribution in [0.2, 0.25) is 0 Å². The van der Waals surface area contributed by atoms with Gasteiger partial charge in [-0.1, -0.05) is 202 Å². The van der Waals surface area contributed by atoms with Gasteiger partial charge in [-0.05, 0) is 121 Å². The van der Waals surface area contributed by atoms with Crippen molar-refractivity contribution in [2.75, 3.05) is 18.1 Å². The number of allylic oxidation sites excluding steroid dienone is 12. The summed E-state index contributed by atoms with van der Waals surface area (Å²) in [6.07, 6.45) is 69.6. The first kappa shape index (κ1) is 86.0. The number of thioether (sulfide) groups is 1. The summed E-state index contributed by atoms with van der Waals surface area (Å²) in [5.74, 6) is 2.05. The number of hydrogen-bond donors (Lipinski definition) is 2. The maximum absolute atomic E-state index is 10.7. The molecule has 0 atom stereocenters. The molecule has 0 amide bonds. The largest absolute Gasteiger partial charge is 1.00 e. The van der Waals surface area contributed by atoms with E-state index in [0.29, 0.717) is 19.9 Å². The van der Waals surface area contributed by atoms with Gasteiger partial charge < -0.3 is 6.53 Å². The van der Waals surface area contributed by atoms with Crippen molar-refractivity contribution in [3.63, 3.8) is 0 Å². The summed E-state index contributed by atoms with van der Waals surface area (Å²) in [5.41, 5.74) is 0. The van der Waals surface area contributed by atoms with E-state index < -0.39 is 0 Å². The number of thiol groups is 1. The molecule has 1 N–H and O–H groups in total. The molecule has 0 saturated carbocycles. The molecule has 0 aliphatic carbocycles. The molecule has 0 fully saturated rings. The SMILES string of the molecule is CCCCC/C=C\C/C=C\CCCCCCCO.CCCCC/C=C\C/C=C\CCCCCCCS.CCCCC/C=C\C/C=C\CCCCCCCSC(C)=O.I.II.I[I-]I.[AlH3].[H-].[Li+]. The Labute approximate surface area is 511 Å². The fourth-order valence-electron chi connectivity index (χ4n) is 5.98. The van der Waals surface area contributed by atoms with Gasteiger partial charge in [0.15, 0.2) is 22.5 Å². The number of hydrogen-bond acceptors (Lipinski definition) is 4. The summed E-state index contributed by atoms with van der Waals surface area (Å²) in [4.78, 5) is 10.7. The number of carbonyl (C=O) groups is 1. The summed E-state index contributed by atoms with van der Waals surface area (Å²) in [7, 11) is 0. The Bertz CT molecular complexity index is 923. The molecule has 65 heavy (non-hydrogen) atoms. The predicted octanol–water partition coefficient (Wildman–Crippen LogP) is 15.5. The average Bonchev–Trinajstić information content (AvgIpc) is 3.28. The average molecular weight is 1630 g/mol. The quantitative estimate of drug-likeness (QED) is 0.0211. The van der Waals surface area contributed by atoms with Crippen molar-refractivity contribution < 1.29 is 43.4 Å². The van der Waals surface area contributed by atoms with Crippen LogP contribution in [0, 0.1) is 0 Å². The van der Waals surface area contributed by atoms with Crippen molar-refractivity contribution in [3.05, 3.63) is 72.9 Å². The van der Waals surface area contributed by atoms with Crippen LogP contribution >= 0.6 is 123 Å². The van der Waals surface area contributed by atoms with Crippen LogP contribution < -0.4 is 32.1 Å². The summed E-state index contributed by atoms with van der Waals surface area (Å²) in [5, 5.41) is 8.89. The number of aliphatic hydroxyl groups is 1. The molecule has 0 aromatic carbocycles. The third kappa shape index (κ3) is 110. The molecule has 0 unspecified atom stereocenters. The Hall–Kier alpha value is 4.28. The van der Waals surface area contributed by atoms with Gasteiger partial charge >= 0.3 is 69.3 Å². The van der Waals surface area contributed by atoms with Crippen LogP contribution in [-0.4, -0.2) is 45.7 Å². The van der Waals surface area contributed by atoms with E-state index in [1.54, 1.807) is 6.92 Å². The van der Waals surface area contributed by atoms with Crippen LogP contribution in [0.5, 0.6) is 0 Å². The minimum absolute atomic E-state index is 0. The Kier molecular flexibility index (Phi) is 125. The first-order chi connectivity index (χ1) is 30.5. The predicted molar refractivity (Wildman–Crippen MR) is 351 cm³/mol. The standard InChI is InChI=1S/C19H34OS.C17H32O.C17H32S.Al.I3.I2.HI.Li.4H/c1-3-4-5-6-7-8-9-10-11-12-13-14-15-16-17-18-21-19(2)20;2*1-2-3-4-5-6-7-8-9-10-11-12-13-14-15-16-17-18;;1-3-2;1-2;;;;;;/h7-8,10-11H,3-6,9,12-18H2,1-2H3;2*6-7,9-10,18H,2-5,8,11-17H2,1H3;;;;1H;;;;;/q;;;;-1;;;+1;;;;-1/b8-7-,11-10-;2*7-6-,10-9-;;;;;;;;;. The van der Waals surface area contributed by atoms with Gasteiger partial charge in [0.05, 0.1) is 0 Å². The van der Waals surface area contributed by atoms with Crippen molar-refractivity contribution in [3.8, 4) is 0 Å². The van der Waals surface area contributed by atoms with Crippen LogP contribution in [0.1, 0.15) is 241 Å². The third-order valence-electron chi connectivity index (χ3n) is 9.62. The minimum atomic E-state index is 0. The second-order valence-electron chi connectivity index (χ2n) is 15.5. The molecule has 0 rings (SSSR count). The number of aliphatic hydroxyl groups excluding tert-OH is 1. The number of unbranched alkanes of at least 4 members (excludes halogenated alkanes) is 24. The smallest absolute Gasteiger partial charge is 1.00 e. The van der Waals surface area contributed by atoms with E-state index in [1.165, 1.54) is 198 Å². The molecular weight excluding hydrogens is 1530 g/mol. The van der Waals surface area contributed by atoms with Crippen molar-refractivity contribution in [2.45, 2.75) is 240 Å². The molecule has 0 radical (unpaired) electrons. The van der Waals surface area contributed by atoms with Gasteiger partial charge in [0, 0.05) is 56.5 Å². The molecule has 0 heterocycles. The Morgan fingerprint density at radius 2 is 0.738 bits per heavy atom.